The van der Waals surface area contributed by atoms with Gasteiger partial charge in [-0.05, 0) is 54.1 Å². The van der Waals surface area contributed by atoms with Gasteiger partial charge in [-0.3, -0.25) is 9.59 Å². The van der Waals surface area contributed by atoms with E-state index >= 15 is 0 Å². The molecule has 1 aliphatic rings. The molecule has 0 N–H and O–H groups in total. The number of hydrogen-bond donors (Lipinski definition) is 0. The van der Waals surface area contributed by atoms with Crippen LogP contribution >= 0.6 is 0 Å². The lowest BCUT2D eigenvalue weighted by Gasteiger charge is -2.34. The fraction of sp³-hybridized carbons (Fsp3) is 0.276. The number of Topliss-reactive ketones (excluding diaryl/α,β-unsaturated/α-hetero) is 2. The Kier molecular flexibility index (Phi) is 6.87. The smallest absolute Gasteiger partial charge is 0.346 e. The quantitative estimate of drug-likeness (QED) is 0.304. The van der Waals surface area contributed by atoms with E-state index < -0.39 is 58.8 Å². The van der Waals surface area contributed by atoms with Crippen molar-refractivity contribution in [3.63, 3.8) is 0 Å². The summed E-state index contributed by atoms with van der Waals surface area (Å²) in [7, 11) is 0. The van der Waals surface area contributed by atoms with Gasteiger partial charge in [-0.2, -0.15) is 0 Å². The van der Waals surface area contributed by atoms with Gasteiger partial charge in [-0.15, -0.1) is 0 Å². The van der Waals surface area contributed by atoms with E-state index in [1.54, 1.807) is 30.3 Å². The highest BCUT2D eigenvalue weighted by molar-refractivity contribution is 6.07. The van der Waals surface area contributed by atoms with E-state index in [1.807, 2.05) is 20.8 Å². The van der Waals surface area contributed by atoms with Crippen LogP contribution in [0.15, 0.2) is 78.9 Å². The van der Waals surface area contributed by atoms with Crippen LogP contribution in [0.1, 0.15) is 53.5 Å². The molecule has 0 bridgehead atoms. The number of hydrogen-bond acceptors (Lipinski definition) is 5. The first-order valence-corrected chi connectivity index (χ1v) is 11.6. The summed E-state index contributed by atoms with van der Waals surface area (Å²) in [5.74, 6) is -4.25. The van der Waals surface area contributed by atoms with Crippen molar-refractivity contribution in [1.82, 2.24) is 0 Å². The fourth-order valence-electron chi connectivity index (χ4n) is 4.25. The molecule has 3 aromatic rings. The number of halogens is 2. The lowest BCUT2D eigenvalue weighted by Crippen LogP contribution is -2.47. The molecule has 0 spiro atoms. The highest BCUT2D eigenvalue weighted by atomic mass is 19.1. The predicted octanol–water partition coefficient (Wildman–Crippen LogP) is 5.88. The van der Waals surface area contributed by atoms with E-state index in [0.717, 1.165) is 24.3 Å². The number of ether oxygens (including phenoxy) is 2. The summed E-state index contributed by atoms with van der Waals surface area (Å²) in [6.45, 7) is 5.48. The van der Waals surface area contributed by atoms with Crippen LogP contribution in [-0.2, 0) is 19.9 Å². The summed E-state index contributed by atoms with van der Waals surface area (Å²) in [6.07, 6.45) is -1.42. The number of carbonyl (C=O) groups is 3. The zero-order valence-corrected chi connectivity index (χ0v) is 20.2. The van der Waals surface area contributed by atoms with Crippen molar-refractivity contribution >= 4 is 17.5 Å². The number of ketones is 2. The summed E-state index contributed by atoms with van der Waals surface area (Å²) < 4.78 is 39.0. The topological polar surface area (TPSA) is 69.7 Å². The first kappa shape index (κ1) is 25.4. The zero-order valence-electron chi connectivity index (χ0n) is 20.2. The average molecular weight is 493 g/mol. The van der Waals surface area contributed by atoms with Crippen LogP contribution in [0.25, 0.3) is 0 Å². The van der Waals surface area contributed by atoms with Crippen LogP contribution in [0.2, 0.25) is 0 Å². The van der Waals surface area contributed by atoms with Crippen LogP contribution in [-0.4, -0.2) is 23.8 Å². The third-order valence-corrected chi connectivity index (χ3v) is 6.21. The molecule has 4 rings (SSSR count). The molecule has 1 saturated heterocycles. The minimum absolute atomic E-state index is 0.110. The second-order valence-electron chi connectivity index (χ2n) is 9.88. The van der Waals surface area contributed by atoms with Gasteiger partial charge in [0.1, 0.15) is 11.6 Å². The molecule has 36 heavy (non-hydrogen) atoms. The highest BCUT2D eigenvalue weighted by Crippen LogP contribution is 2.48. The maximum Gasteiger partial charge on any atom is 0.346 e. The van der Waals surface area contributed by atoms with Crippen molar-refractivity contribution in [3.8, 4) is 0 Å². The summed E-state index contributed by atoms with van der Waals surface area (Å²) in [4.78, 5) is 40.9. The summed E-state index contributed by atoms with van der Waals surface area (Å²) in [5, 5.41) is 0. The molecule has 1 fully saturated rings. The van der Waals surface area contributed by atoms with Gasteiger partial charge in [0.2, 0.25) is 11.9 Å². The molecule has 186 valence electrons. The van der Waals surface area contributed by atoms with Gasteiger partial charge < -0.3 is 9.47 Å². The molecule has 0 aliphatic carbocycles. The van der Waals surface area contributed by atoms with Gasteiger partial charge in [0.15, 0.2) is 11.6 Å². The Hall–Kier alpha value is -3.71. The minimum atomic E-state index is -1.93. The Morgan fingerprint density at radius 2 is 1.39 bits per heavy atom. The molecule has 0 saturated carbocycles. The number of esters is 1. The van der Waals surface area contributed by atoms with Crippen LogP contribution in [0.5, 0.6) is 0 Å². The van der Waals surface area contributed by atoms with Crippen LogP contribution in [0.3, 0.4) is 0 Å². The molecular formula is C29H26F2O5. The molecule has 1 aliphatic heterocycles. The second-order valence-corrected chi connectivity index (χ2v) is 9.88. The molecule has 3 aromatic carbocycles. The number of benzene rings is 3. The molecule has 0 amide bonds. The van der Waals surface area contributed by atoms with Crippen LogP contribution in [0.4, 0.5) is 8.78 Å². The predicted molar refractivity (Wildman–Crippen MR) is 128 cm³/mol. The van der Waals surface area contributed by atoms with Gasteiger partial charge in [0.25, 0.3) is 0 Å². The number of cyclic esters (lactones) is 1. The third kappa shape index (κ3) is 4.84. The van der Waals surface area contributed by atoms with Crippen molar-refractivity contribution in [1.29, 1.82) is 0 Å². The van der Waals surface area contributed by atoms with E-state index in [9.17, 15) is 23.2 Å². The highest BCUT2D eigenvalue weighted by Gasteiger charge is 2.61. The van der Waals surface area contributed by atoms with Crippen molar-refractivity contribution in [2.75, 3.05) is 0 Å². The Morgan fingerprint density at radius 1 is 0.861 bits per heavy atom. The molecule has 1 heterocycles. The largest absolute Gasteiger partial charge is 0.433 e. The van der Waals surface area contributed by atoms with E-state index in [1.165, 1.54) is 24.3 Å². The summed E-state index contributed by atoms with van der Waals surface area (Å²) >= 11 is 0. The molecule has 7 heteroatoms. The molecular weight excluding hydrogens is 466 g/mol. The van der Waals surface area contributed by atoms with Gasteiger partial charge in [0.05, 0.1) is 5.92 Å². The van der Waals surface area contributed by atoms with Gasteiger partial charge in [0, 0.05) is 23.0 Å². The molecule has 3 atom stereocenters. The molecule has 0 radical (unpaired) electrons. The minimum Gasteiger partial charge on any atom is -0.433 e. The molecule has 5 nitrogen and oxygen atoms in total. The SMILES string of the molecule is CC(C)(C)[C@@H]1OC(=O)[C@@](c2ccccc2)(C(CC(=O)c2ccc(F)cc2)C(=O)c2ccc(F)cc2)O1. The van der Waals surface area contributed by atoms with Gasteiger partial charge in [-0.25, -0.2) is 13.6 Å². The normalized spacial score (nSPS) is 20.6. The monoisotopic (exact) mass is 492 g/mol. The van der Waals surface area contributed by atoms with Gasteiger partial charge in [-0.1, -0.05) is 51.1 Å². The van der Waals surface area contributed by atoms with Crippen LogP contribution < -0.4 is 0 Å². The summed E-state index contributed by atoms with van der Waals surface area (Å²) in [6, 6.07) is 18.2. The lowest BCUT2D eigenvalue weighted by atomic mass is 9.74. The van der Waals surface area contributed by atoms with Crippen molar-refractivity contribution in [2.24, 2.45) is 11.3 Å². The Labute approximate surface area is 208 Å². The van der Waals surface area contributed by atoms with Crippen molar-refractivity contribution < 1.29 is 32.6 Å². The lowest BCUT2D eigenvalue weighted by molar-refractivity contribution is -0.159. The molecule has 0 aromatic heterocycles. The summed E-state index contributed by atoms with van der Waals surface area (Å²) in [5.41, 5.74) is -1.92. The number of carbonyl (C=O) groups excluding carboxylic acids is 3. The Balaban J connectivity index is 1.87. The first-order chi connectivity index (χ1) is 17.0. The maximum atomic E-state index is 13.9. The van der Waals surface area contributed by atoms with Crippen molar-refractivity contribution in [3.05, 3.63) is 107 Å². The van der Waals surface area contributed by atoms with Gasteiger partial charge >= 0.3 is 5.97 Å². The Bertz CT molecular complexity index is 1260. The number of rotatable bonds is 7. The first-order valence-electron chi connectivity index (χ1n) is 11.6. The third-order valence-electron chi connectivity index (χ3n) is 6.21. The van der Waals surface area contributed by atoms with E-state index in [0.29, 0.717) is 5.56 Å². The fourth-order valence-corrected chi connectivity index (χ4v) is 4.25. The molecule has 1 unspecified atom stereocenters. The standard InChI is InChI=1S/C29H26F2O5/c1-28(2,3)27-35-26(34)29(36-27,20-7-5-4-6-8-20)23(25(33)19-11-15-22(31)16-12-19)17-24(32)18-9-13-21(30)14-10-18/h4-16,23,27H,17H2,1-3H3/t23?,27-,29-/m1/s1. The average Bonchev–Trinajstić information content (AvgIpc) is 3.22. The van der Waals surface area contributed by atoms with Crippen molar-refractivity contribution in [2.45, 2.75) is 39.1 Å². The Morgan fingerprint density at radius 3 is 1.89 bits per heavy atom. The van der Waals surface area contributed by atoms with E-state index in [4.69, 9.17) is 9.47 Å². The second kappa shape index (κ2) is 9.74. The van der Waals surface area contributed by atoms with Crippen LogP contribution in [0, 0.1) is 23.0 Å². The van der Waals surface area contributed by atoms with E-state index in [2.05, 4.69) is 0 Å². The maximum absolute atomic E-state index is 13.9. The zero-order chi connectivity index (χ0) is 26.1. The van der Waals surface area contributed by atoms with E-state index in [-0.39, 0.29) is 11.1 Å².